The van der Waals surface area contributed by atoms with Crippen molar-refractivity contribution < 1.29 is 0 Å². The van der Waals surface area contributed by atoms with E-state index in [1.165, 1.54) is 69.5 Å². The largest absolute Gasteiger partial charge is 0.309 e. The number of thiophene rings is 1. The first kappa shape index (κ1) is 31.0. The number of nitriles is 1. The van der Waals surface area contributed by atoms with Crippen molar-refractivity contribution in [3.63, 3.8) is 0 Å². The lowest BCUT2D eigenvalue weighted by molar-refractivity contribution is 1.17. The van der Waals surface area contributed by atoms with Crippen LogP contribution in [0.3, 0.4) is 0 Å². The minimum Gasteiger partial charge on any atom is -0.309 e. The van der Waals surface area contributed by atoms with Crippen molar-refractivity contribution in [1.29, 1.82) is 5.26 Å². The highest BCUT2D eigenvalue weighted by Crippen LogP contribution is 2.47. The minimum atomic E-state index is 0.507. The average Bonchev–Trinajstić information content (AvgIpc) is 4.01. The van der Waals surface area contributed by atoms with Crippen molar-refractivity contribution in [3.05, 3.63) is 186 Å². The van der Waals surface area contributed by atoms with Crippen LogP contribution in [-0.2, 0) is 6.42 Å². The summed E-state index contributed by atoms with van der Waals surface area (Å²) < 4.78 is 7.20. The fourth-order valence-corrected chi connectivity index (χ4v) is 10.6. The van der Waals surface area contributed by atoms with Gasteiger partial charge in [-0.3, -0.25) is 0 Å². The summed E-state index contributed by atoms with van der Waals surface area (Å²) in [4.78, 5) is 4.04. The van der Waals surface area contributed by atoms with Gasteiger partial charge in [0.05, 0.1) is 45.0 Å². The molecule has 3 aromatic heterocycles. The van der Waals surface area contributed by atoms with Gasteiger partial charge < -0.3 is 9.13 Å². The van der Waals surface area contributed by atoms with Gasteiger partial charge in [0.25, 0.3) is 0 Å². The van der Waals surface area contributed by atoms with E-state index >= 15 is 0 Å². The van der Waals surface area contributed by atoms with E-state index in [1.54, 1.807) is 0 Å². The van der Waals surface area contributed by atoms with E-state index in [4.69, 9.17) is 6.57 Å². The van der Waals surface area contributed by atoms with E-state index in [1.807, 2.05) is 23.5 Å². The SMILES string of the molecule is [C-]#[N+]c1ccc(-n2c3ccccc3c3ccc4c(c32)-c2ccccc2C4)cc1-c1cc(-n2c3ccccc3c3ccc4c5ccccc5sc4c32)ccc1C#N. The second-order valence-corrected chi connectivity index (χ2v) is 15.7. The zero-order chi connectivity index (χ0) is 37.1. The third-order valence-electron chi connectivity index (χ3n) is 11.8. The van der Waals surface area contributed by atoms with Crippen LogP contribution in [0.15, 0.2) is 158 Å². The lowest BCUT2D eigenvalue weighted by atomic mass is 9.97. The molecule has 0 aliphatic heterocycles. The van der Waals surface area contributed by atoms with Crippen molar-refractivity contribution in [2.75, 3.05) is 0 Å². The van der Waals surface area contributed by atoms with Crippen LogP contribution in [0.1, 0.15) is 16.7 Å². The predicted molar refractivity (Wildman–Crippen MR) is 233 cm³/mol. The summed E-state index contributed by atoms with van der Waals surface area (Å²) in [6.07, 6.45) is 0.903. The molecule has 0 amide bonds. The van der Waals surface area contributed by atoms with Crippen LogP contribution >= 0.6 is 11.3 Å². The van der Waals surface area contributed by atoms with Crippen LogP contribution in [-0.4, -0.2) is 9.13 Å². The molecule has 0 spiro atoms. The van der Waals surface area contributed by atoms with Crippen LogP contribution in [0.5, 0.6) is 0 Å². The molecule has 0 saturated heterocycles. The van der Waals surface area contributed by atoms with Crippen molar-refractivity contribution >= 4 is 80.8 Å². The number of hydrogen-bond donors (Lipinski definition) is 0. The number of aromatic nitrogens is 2. The second-order valence-electron chi connectivity index (χ2n) is 14.6. The average molecular weight is 729 g/mol. The summed E-state index contributed by atoms with van der Waals surface area (Å²) >= 11 is 1.82. The topological polar surface area (TPSA) is 38.0 Å². The van der Waals surface area contributed by atoms with Gasteiger partial charge in [-0.2, -0.15) is 5.26 Å². The number of nitrogens with zero attached hydrogens (tertiary/aromatic N) is 4. The fraction of sp³-hybridized carbons (Fsp3) is 0.0196. The summed E-state index contributed by atoms with van der Waals surface area (Å²) in [5, 5.41) is 17.9. The molecule has 0 N–H and O–H groups in total. The van der Waals surface area contributed by atoms with Crippen molar-refractivity contribution in [2.24, 2.45) is 0 Å². The van der Waals surface area contributed by atoms with Gasteiger partial charge in [-0.05, 0) is 82.8 Å². The van der Waals surface area contributed by atoms with E-state index in [0.717, 1.165) is 45.5 Å². The van der Waals surface area contributed by atoms with Crippen molar-refractivity contribution in [2.45, 2.75) is 6.42 Å². The first-order valence-corrected chi connectivity index (χ1v) is 19.6. The zero-order valence-electron chi connectivity index (χ0n) is 29.9. The normalized spacial score (nSPS) is 12.2. The Morgan fingerprint density at radius 1 is 0.536 bits per heavy atom. The molecule has 1 aliphatic carbocycles. The Hall–Kier alpha value is -7.44. The monoisotopic (exact) mass is 728 g/mol. The summed E-state index contributed by atoms with van der Waals surface area (Å²) in [6, 6.07) is 58.2. The van der Waals surface area contributed by atoms with Gasteiger partial charge in [0.2, 0.25) is 0 Å². The highest BCUT2D eigenvalue weighted by molar-refractivity contribution is 7.26. The molecule has 56 heavy (non-hydrogen) atoms. The molecule has 11 aromatic rings. The predicted octanol–water partition coefficient (Wildman–Crippen LogP) is 13.9. The third-order valence-corrected chi connectivity index (χ3v) is 13.0. The van der Waals surface area contributed by atoms with E-state index < -0.39 is 0 Å². The van der Waals surface area contributed by atoms with E-state index in [2.05, 4.69) is 166 Å². The quantitative estimate of drug-likeness (QED) is 0.167. The molecular weight excluding hydrogens is 701 g/mol. The lowest BCUT2D eigenvalue weighted by Gasteiger charge is -2.16. The molecule has 8 aromatic carbocycles. The molecule has 1 aliphatic rings. The van der Waals surface area contributed by atoms with Crippen LogP contribution in [0, 0.1) is 17.9 Å². The molecule has 0 unspecified atom stereocenters. The molecular formula is C51H28N4S. The Balaban J connectivity index is 1.14. The number of rotatable bonds is 3. The zero-order valence-corrected chi connectivity index (χ0v) is 30.7. The summed E-state index contributed by atoms with van der Waals surface area (Å²) in [5.74, 6) is 0. The third kappa shape index (κ3) is 4.15. The molecule has 12 rings (SSSR count). The number of benzene rings is 8. The molecule has 4 nitrogen and oxygen atoms in total. The van der Waals surface area contributed by atoms with Gasteiger partial charge in [0, 0.05) is 54.0 Å². The van der Waals surface area contributed by atoms with Crippen molar-refractivity contribution in [1.82, 2.24) is 9.13 Å². The number of hydrogen-bond acceptors (Lipinski definition) is 2. The second kappa shape index (κ2) is 11.5. The van der Waals surface area contributed by atoms with Gasteiger partial charge in [-0.15, -0.1) is 11.3 Å². The Morgan fingerprint density at radius 3 is 1.95 bits per heavy atom. The van der Waals surface area contributed by atoms with Crippen molar-refractivity contribution in [3.8, 4) is 39.7 Å². The molecule has 0 atom stereocenters. The van der Waals surface area contributed by atoms with Crippen LogP contribution in [0.4, 0.5) is 5.69 Å². The minimum absolute atomic E-state index is 0.507. The Labute approximate surface area is 325 Å². The molecule has 5 heteroatoms. The van der Waals surface area contributed by atoms with Gasteiger partial charge in [0.1, 0.15) is 0 Å². The molecule has 0 fully saturated rings. The maximum atomic E-state index is 10.6. The molecule has 0 bridgehead atoms. The van der Waals surface area contributed by atoms with Crippen LogP contribution in [0.2, 0.25) is 0 Å². The lowest BCUT2D eigenvalue weighted by Crippen LogP contribution is -1.98. The van der Waals surface area contributed by atoms with Gasteiger partial charge in [0.15, 0.2) is 5.69 Å². The van der Waals surface area contributed by atoms with Gasteiger partial charge in [-0.25, -0.2) is 4.85 Å². The number of para-hydroxylation sites is 2. The Morgan fingerprint density at radius 2 is 1.16 bits per heavy atom. The fourth-order valence-electron chi connectivity index (χ4n) is 9.41. The first-order valence-electron chi connectivity index (χ1n) is 18.7. The maximum absolute atomic E-state index is 10.6. The summed E-state index contributed by atoms with van der Waals surface area (Å²) in [6.45, 7) is 8.33. The van der Waals surface area contributed by atoms with Crippen LogP contribution < -0.4 is 0 Å². The van der Waals surface area contributed by atoms with E-state index in [0.29, 0.717) is 11.3 Å². The van der Waals surface area contributed by atoms with Gasteiger partial charge in [-0.1, -0.05) is 109 Å². The molecule has 0 radical (unpaired) electrons. The molecule has 258 valence electrons. The highest BCUT2D eigenvalue weighted by atomic mass is 32.1. The summed E-state index contributed by atoms with van der Waals surface area (Å²) in [5.41, 5.74) is 14.1. The molecule has 0 saturated carbocycles. The smallest absolute Gasteiger partial charge is 0.195 e. The Kier molecular flexibility index (Phi) is 6.38. The van der Waals surface area contributed by atoms with E-state index in [-0.39, 0.29) is 0 Å². The molecule has 3 heterocycles. The summed E-state index contributed by atoms with van der Waals surface area (Å²) in [7, 11) is 0. The van der Waals surface area contributed by atoms with Gasteiger partial charge >= 0.3 is 0 Å². The number of fused-ring (bicyclic) bond motifs is 14. The standard InChI is InChI=1S/C51H28N4S/c1-53-44-25-21-34(54-45-15-7-4-12-36(45)39-22-19-31-26-30-10-2-3-11-35(30)48(31)49(39)54)28-43(44)42-27-33(20-18-32(42)29-52)55-46-16-8-5-13-37(46)40-23-24-41-38-14-6-9-17-47(38)56-51(41)50(40)55/h2-25,27-28H,26H2. The van der Waals surface area contributed by atoms with E-state index in [9.17, 15) is 5.26 Å². The van der Waals surface area contributed by atoms with Crippen LogP contribution in [0.25, 0.3) is 102 Å². The highest BCUT2D eigenvalue weighted by Gasteiger charge is 2.26. The first-order chi connectivity index (χ1) is 27.7. The maximum Gasteiger partial charge on any atom is 0.195 e. The Bertz CT molecular complexity index is 3600.